The molecule has 1 aliphatic rings. The third-order valence-electron chi connectivity index (χ3n) is 3.39. The third kappa shape index (κ3) is 3.42. The van der Waals surface area contributed by atoms with Crippen LogP contribution in [0, 0.1) is 12.8 Å². The smallest absolute Gasteiger partial charge is 0.132 e. The zero-order valence-corrected chi connectivity index (χ0v) is 11.7. The molecule has 2 heterocycles. The number of nitrogens with one attached hydrogen (secondary N) is 1. The van der Waals surface area contributed by atoms with Crippen LogP contribution in [0.3, 0.4) is 0 Å². The minimum atomic E-state index is 0.582. The lowest BCUT2D eigenvalue weighted by Crippen LogP contribution is -2.39. The van der Waals surface area contributed by atoms with Gasteiger partial charge >= 0.3 is 0 Å². The lowest BCUT2D eigenvalue weighted by Gasteiger charge is -2.26. The molecule has 1 atom stereocenters. The minimum absolute atomic E-state index is 0.582. The van der Waals surface area contributed by atoms with E-state index in [2.05, 4.69) is 40.1 Å². The summed E-state index contributed by atoms with van der Waals surface area (Å²) in [7, 11) is 0. The van der Waals surface area contributed by atoms with Gasteiger partial charge in [-0.1, -0.05) is 13.8 Å². The van der Waals surface area contributed by atoms with E-state index in [4.69, 9.17) is 0 Å². The van der Waals surface area contributed by atoms with Crippen LogP contribution in [0.1, 0.15) is 32.4 Å². The largest absolute Gasteiger partial charge is 0.352 e. The molecule has 0 saturated carbocycles. The molecule has 1 fully saturated rings. The number of rotatable bonds is 5. The molecule has 1 aromatic rings. The van der Waals surface area contributed by atoms with Crippen molar-refractivity contribution < 1.29 is 0 Å². The van der Waals surface area contributed by atoms with E-state index in [1.165, 1.54) is 12.8 Å². The van der Waals surface area contributed by atoms with Crippen LogP contribution >= 0.6 is 0 Å². The number of hydrogen-bond acceptors (Lipinski definition) is 4. The molecule has 0 aliphatic carbocycles. The van der Waals surface area contributed by atoms with Crippen LogP contribution in [0.15, 0.2) is 12.4 Å². The van der Waals surface area contributed by atoms with Crippen LogP contribution in [0.25, 0.3) is 0 Å². The highest BCUT2D eigenvalue weighted by molar-refractivity contribution is 5.41. The van der Waals surface area contributed by atoms with Crippen LogP contribution in [-0.4, -0.2) is 35.6 Å². The predicted molar refractivity (Wildman–Crippen MR) is 74.8 cm³/mol. The van der Waals surface area contributed by atoms with Gasteiger partial charge in [0.15, 0.2) is 0 Å². The van der Waals surface area contributed by atoms with Gasteiger partial charge in [-0.15, -0.1) is 0 Å². The maximum atomic E-state index is 4.40. The molecule has 0 spiro atoms. The van der Waals surface area contributed by atoms with Gasteiger partial charge in [-0.3, -0.25) is 0 Å². The van der Waals surface area contributed by atoms with Crippen molar-refractivity contribution in [3.63, 3.8) is 0 Å². The van der Waals surface area contributed by atoms with Gasteiger partial charge in [-0.25, -0.2) is 9.97 Å². The van der Waals surface area contributed by atoms with Crippen molar-refractivity contribution in [1.29, 1.82) is 0 Å². The highest BCUT2D eigenvalue weighted by Gasteiger charge is 2.25. The van der Waals surface area contributed by atoms with E-state index < -0.39 is 0 Å². The maximum absolute atomic E-state index is 4.40. The van der Waals surface area contributed by atoms with Gasteiger partial charge in [0, 0.05) is 30.9 Å². The molecule has 4 heteroatoms. The second-order valence-electron chi connectivity index (χ2n) is 5.56. The van der Waals surface area contributed by atoms with Crippen molar-refractivity contribution >= 4 is 5.82 Å². The fourth-order valence-electron chi connectivity index (χ4n) is 2.49. The third-order valence-corrected chi connectivity index (χ3v) is 3.39. The predicted octanol–water partition coefficient (Wildman–Crippen LogP) is 2.00. The van der Waals surface area contributed by atoms with Crippen LogP contribution in [0.2, 0.25) is 0 Å². The van der Waals surface area contributed by atoms with Crippen molar-refractivity contribution in [2.24, 2.45) is 5.92 Å². The lowest BCUT2D eigenvalue weighted by atomic mass is 10.2. The first kappa shape index (κ1) is 13.3. The summed E-state index contributed by atoms with van der Waals surface area (Å²) in [5, 5.41) is 3.56. The normalized spacial score (nSPS) is 19.8. The molecule has 0 radical (unpaired) electrons. The van der Waals surface area contributed by atoms with Crippen LogP contribution in [0.4, 0.5) is 5.82 Å². The molecule has 0 amide bonds. The summed E-state index contributed by atoms with van der Waals surface area (Å²) in [4.78, 5) is 11.0. The van der Waals surface area contributed by atoms with Crippen molar-refractivity contribution in [3.05, 3.63) is 18.1 Å². The summed E-state index contributed by atoms with van der Waals surface area (Å²) in [6.45, 7) is 9.77. The van der Waals surface area contributed by atoms with E-state index in [-0.39, 0.29) is 0 Å². The molecule has 1 aromatic heterocycles. The van der Waals surface area contributed by atoms with Crippen molar-refractivity contribution in [1.82, 2.24) is 15.3 Å². The number of nitrogens with zero attached hydrogens (tertiary/aromatic N) is 3. The Balaban J connectivity index is 1.95. The van der Waals surface area contributed by atoms with E-state index in [0.717, 1.165) is 31.1 Å². The van der Waals surface area contributed by atoms with E-state index in [1.807, 2.05) is 6.92 Å². The average Bonchev–Trinajstić information content (AvgIpc) is 2.77. The Labute approximate surface area is 110 Å². The fourth-order valence-corrected chi connectivity index (χ4v) is 2.49. The first-order valence-corrected chi connectivity index (χ1v) is 6.93. The number of hydrogen-bond donors (Lipinski definition) is 1. The summed E-state index contributed by atoms with van der Waals surface area (Å²) in [5.74, 6) is 1.79. The molecule has 4 nitrogen and oxygen atoms in total. The summed E-state index contributed by atoms with van der Waals surface area (Å²) in [6.07, 6.45) is 4.19. The van der Waals surface area contributed by atoms with Gasteiger partial charge in [0.2, 0.25) is 0 Å². The van der Waals surface area contributed by atoms with E-state index in [0.29, 0.717) is 12.0 Å². The number of aromatic nitrogens is 2. The van der Waals surface area contributed by atoms with Gasteiger partial charge in [-0.2, -0.15) is 0 Å². The molecular weight excluding hydrogens is 224 g/mol. The Morgan fingerprint density at radius 3 is 3.00 bits per heavy atom. The summed E-state index contributed by atoms with van der Waals surface area (Å²) in [5.41, 5.74) is 1.04. The molecule has 1 saturated heterocycles. The first-order valence-electron chi connectivity index (χ1n) is 6.93. The molecule has 0 bridgehead atoms. The first-order chi connectivity index (χ1) is 8.66. The monoisotopic (exact) mass is 248 g/mol. The zero-order chi connectivity index (χ0) is 13.0. The highest BCUT2D eigenvalue weighted by atomic mass is 15.2. The van der Waals surface area contributed by atoms with E-state index in [9.17, 15) is 0 Å². The lowest BCUT2D eigenvalue weighted by molar-refractivity contribution is 0.511. The van der Waals surface area contributed by atoms with Crippen LogP contribution < -0.4 is 10.2 Å². The number of anilines is 1. The average molecular weight is 248 g/mol. The zero-order valence-electron chi connectivity index (χ0n) is 11.7. The number of aryl methyl sites for hydroxylation is 1. The Morgan fingerprint density at radius 1 is 1.44 bits per heavy atom. The molecule has 100 valence electrons. The van der Waals surface area contributed by atoms with Crippen LogP contribution in [-0.2, 0) is 0 Å². The van der Waals surface area contributed by atoms with Gasteiger partial charge in [0.05, 0.1) is 0 Å². The quantitative estimate of drug-likeness (QED) is 0.865. The second-order valence-corrected chi connectivity index (χ2v) is 5.56. The molecule has 1 N–H and O–H groups in total. The van der Waals surface area contributed by atoms with Gasteiger partial charge in [-0.05, 0) is 32.2 Å². The SMILES string of the molecule is Cc1cc(N2CCCC2CNCC(C)C)ncn1. The molecular formula is C14H24N4. The minimum Gasteiger partial charge on any atom is -0.352 e. The summed E-state index contributed by atoms with van der Waals surface area (Å²) < 4.78 is 0. The van der Waals surface area contributed by atoms with E-state index >= 15 is 0 Å². The molecule has 1 aliphatic heterocycles. The van der Waals surface area contributed by atoms with Crippen molar-refractivity contribution in [3.8, 4) is 0 Å². The highest BCUT2D eigenvalue weighted by Crippen LogP contribution is 2.23. The Bertz CT molecular complexity index is 378. The molecule has 1 unspecified atom stereocenters. The summed E-state index contributed by atoms with van der Waals surface area (Å²) in [6, 6.07) is 2.67. The molecule has 0 aromatic carbocycles. The van der Waals surface area contributed by atoms with Crippen molar-refractivity contribution in [2.45, 2.75) is 39.7 Å². The van der Waals surface area contributed by atoms with Gasteiger partial charge < -0.3 is 10.2 Å². The van der Waals surface area contributed by atoms with Gasteiger partial charge in [0.1, 0.15) is 12.1 Å². The van der Waals surface area contributed by atoms with Crippen molar-refractivity contribution in [2.75, 3.05) is 24.5 Å². The van der Waals surface area contributed by atoms with E-state index in [1.54, 1.807) is 6.33 Å². The Kier molecular flexibility index (Phi) is 4.53. The molecule has 2 rings (SSSR count). The molecule has 18 heavy (non-hydrogen) atoms. The second kappa shape index (κ2) is 6.14. The summed E-state index contributed by atoms with van der Waals surface area (Å²) >= 11 is 0. The van der Waals surface area contributed by atoms with Crippen LogP contribution in [0.5, 0.6) is 0 Å². The Hall–Kier alpha value is -1.16. The fraction of sp³-hybridized carbons (Fsp3) is 0.714. The van der Waals surface area contributed by atoms with Gasteiger partial charge in [0.25, 0.3) is 0 Å². The topological polar surface area (TPSA) is 41.0 Å². The Morgan fingerprint density at radius 2 is 2.28 bits per heavy atom. The standard InChI is InChI=1S/C14H24N4/c1-11(2)8-15-9-13-5-4-6-18(13)14-7-12(3)16-10-17-14/h7,10-11,13,15H,4-6,8-9H2,1-3H3. The maximum Gasteiger partial charge on any atom is 0.132 e.